The van der Waals surface area contributed by atoms with Crippen LogP contribution in [0.2, 0.25) is 0 Å². The number of unbranched alkanes of at least 4 members (excludes halogenated alkanes) is 1. The van der Waals surface area contributed by atoms with Crippen molar-refractivity contribution < 1.29 is 41.7 Å². The molecule has 10 nitrogen and oxygen atoms in total. The highest BCUT2D eigenvalue weighted by atomic mass is 19.4. The van der Waals surface area contributed by atoms with Gasteiger partial charge in [0.2, 0.25) is 0 Å². The van der Waals surface area contributed by atoms with Crippen molar-refractivity contribution in [1.82, 2.24) is 9.13 Å². The van der Waals surface area contributed by atoms with Gasteiger partial charge in [0.05, 0.1) is 13.2 Å². The first kappa shape index (κ1) is 29.7. The maximum absolute atomic E-state index is 13.3. The van der Waals surface area contributed by atoms with Crippen LogP contribution in [-0.4, -0.2) is 59.7 Å². The van der Waals surface area contributed by atoms with E-state index >= 15 is 0 Å². The van der Waals surface area contributed by atoms with Crippen molar-refractivity contribution in [3.63, 3.8) is 0 Å². The molecule has 1 aromatic carbocycles. The molecule has 13 heteroatoms. The zero-order valence-corrected chi connectivity index (χ0v) is 21.4. The van der Waals surface area contributed by atoms with Gasteiger partial charge in [0.1, 0.15) is 31.3 Å². The van der Waals surface area contributed by atoms with E-state index in [2.05, 4.69) is 16.6 Å². The van der Waals surface area contributed by atoms with E-state index < -0.39 is 54.3 Å². The van der Waals surface area contributed by atoms with Crippen molar-refractivity contribution in [2.45, 2.75) is 57.7 Å². The van der Waals surface area contributed by atoms with Gasteiger partial charge in [-0.3, -0.25) is 14.2 Å². The molecule has 2 heterocycles. The van der Waals surface area contributed by atoms with Crippen LogP contribution in [0.5, 0.6) is 5.75 Å². The molecular weight excluding hydrogens is 525 g/mol. The summed E-state index contributed by atoms with van der Waals surface area (Å²) in [4.78, 5) is 50.4. The summed E-state index contributed by atoms with van der Waals surface area (Å²) in [5, 5.41) is 0. The summed E-state index contributed by atoms with van der Waals surface area (Å²) in [5.41, 5.74) is -1.78. The lowest BCUT2D eigenvalue weighted by Gasteiger charge is -2.19. The monoisotopic (exact) mass is 552 g/mol. The second-order valence-corrected chi connectivity index (χ2v) is 8.59. The number of carbonyl (C=O) groups is 2. The Labute approximate surface area is 221 Å². The smallest absolute Gasteiger partial charge is 0.490 e. The average Bonchev–Trinajstić information content (AvgIpc) is 3.31. The molecular formula is C26H27F3N2O8. The van der Waals surface area contributed by atoms with Crippen molar-refractivity contribution in [3.8, 4) is 17.6 Å². The highest BCUT2D eigenvalue weighted by molar-refractivity contribution is 5.95. The van der Waals surface area contributed by atoms with Crippen LogP contribution in [0.25, 0.3) is 0 Å². The fourth-order valence-corrected chi connectivity index (χ4v) is 3.80. The van der Waals surface area contributed by atoms with Crippen molar-refractivity contribution >= 4 is 11.9 Å². The summed E-state index contributed by atoms with van der Waals surface area (Å²) in [6.45, 7) is 2.45. The first-order chi connectivity index (χ1) is 18.5. The predicted molar refractivity (Wildman–Crippen MR) is 130 cm³/mol. The third-order valence-electron chi connectivity index (χ3n) is 5.80. The summed E-state index contributed by atoms with van der Waals surface area (Å²) in [6.07, 6.45) is -5.85. The number of halogens is 3. The number of benzene rings is 1. The summed E-state index contributed by atoms with van der Waals surface area (Å²) in [7, 11) is 1.44. The molecule has 1 aliphatic rings. The Balaban J connectivity index is 1.91. The zero-order chi connectivity index (χ0) is 28.7. The lowest BCUT2D eigenvalue weighted by atomic mass is 10.2. The Kier molecular flexibility index (Phi) is 9.71. The first-order valence-corrected chi connectivity index (χ1v) is 12.0. The molecule has 0 amide bonds. The lowest BCUT2D eigenvalue weighted by molar-refractivity contribution is -0.204. The van der Waals surface area contributed by atoms with E-state index in [1.165, 1.54) is 44.5 Å². The van der Waals surface area contributed by atoms with E-state index in [9.17, 15) is 32.3 Å². The molecule has 0 aliphatic carbocycles. The van der Waals surface area contributed by atoms with Gasteiger partial charge in [-0.25, -0.2) is 9.59 Å². The van der Waals surface area contributed by atoms with Crippen LogP contribution < -0.4 is 16.0 Å². The van der Waals surface area contributed by atoms with Gasteiger partial charge in [-0.05, 0) is 37.6 Å². The molecule has 2 aromatic rings. The molecule has 0 saturated carbocycles. The van der Waals surface area contributed by atoms with Gasteiger partial charge in [-0.1, -0.05) is 12.8 Å². The fourth-order valence-electron chi connectivity index (χ4n) is 3.80. The highest BCUT2D eigenvalue weighted by Crippen LogP contribution is 2.31. The van der Waals surface area contributed by atoms with Gasteiger partial charge >= 0.3 is 17.8 Å². The van der Waals surface area contributed by atoms with Crippen molar-refractivity contribution in [3.05, 3.63) is 62.4 Å². The van der Waals surface area contributed by atoms with Gasteiger partial charge in [0.15, 0.2) is 0 Å². The molecule has 3 rings (SSSR count). The van der Waals surface area contributed by atoms with Crippen LogP contribution in [-0.2, 0) is 19.0 Å². The molecule has 3 atom stereocenters. The molecule has 1 aliphatic heterocycles. The van der Waals surface area contributed by atoms with Crippen LogP contribution in [0.1, 0.15) is 48.3 Å². The number of esters is 1. The molecule has 1 saturated heterocycles. The second kappa shape index (κ2) is 12.8. The number of hydrogen-bond acceptors (Lipinski definition) is 8. The molecule has 0 bridgehead atoms. The summed E-state index contributed by atoms with van der Waals surface area (Å²) in [5.74, 6) is 2.81. The van der Waals surface area contributed by atoms with Crippen molar-refractivity contribution in [2.24, 2.45) is 0 Å². The lowest BCUT2D eigenvalue weighted by Crippen LogP contribution is -2.45. The Morgan fingerprint density at radius 1 is 1.15 bits per heavy atom. The van der Waals surface area contributed by atoms with Gasteiger partial charge in [0, 0.05) is 30.2 Å². The van der Waals surface area contributed by atoms with Crippen molar-refractivity contribution in [2.75, 3.05) is 20.3 Å². The summed E-state index contributed by atoms with van der Waals surface area (Å²) in [6, 6.07) is 5.76. The van der Waals surface area contributed by atoms with E-state index in [0.29, 0.717) is 16.7 Å². The number of ether oxygens (including phenoxy) is 4. The Morgan fingerprint density at radius 2 is 1.85 bits per heavy atom. The van der Waals surface area contributed by atoms with Gasteiger partial charge < -0.3 is 18.9 Å². The Morgan fingerprint density at radius 3 is 2.46 bits per heavy atom. The van der Waals surface area contributed by atoms with Crippen LogP contribution >= 0.6 is 0 Å². The van der Waals surface area contributed by atoms with Crippen LogP contribution in [0.15, 0.2) is 40.1 Å². The van der Waals surface area contributed by atoms with Gasteiger partial charge in [-0.2, -0.15) is 17.7 Å². The zero-order valence-electron chi connectivity index (χ0n) is 21.4. The SMILES string of the molecule is CCCC#CCO[C@H]1C[C@H](n2cc(C)c(=O)n(C(=O)c3ccc(OC)cc3)c2=O)O[C@@H]1COC(=O)C(F)(F)F. The van der Waals surface area contributed by atoms with Crippen LogP contribution in [0.3, 0.4) is 0 Å². The minimum atomic E-state index is -5.20. The van der Waals surface area contributed by atoms with Gasteiger partial charge in [-0.15, -0.1) is 5.92 Å². The minimum absolute atomic E-state index is 0.0370. The van der Waals surface area contributed by atoms with E-state index in [4.69, 9.17) is 14.2 Å². The van der Waals surface area contributed by atoms with Gasteiger partial charge in [0.25, 0.3) is 11.5 Å². The largest absolute Gasteiger partial charge is 0.497 e. The molecule has 1 aromatic heterocycles. The topological polar surface area (TPSA) is 115 Å². The third kappa shape index (κ3) is 7.15. The normalized spacial score (nSPS) is 18.8. The fraction of sp³-hybridized carbons (Fsp3) is 0.462. The molecule has 210 valence electrons. The predicted octanol–water partition coefficient (Wildman–Crippen LogP) is 2.60. The standard InChI is InChI=1S/C26H27F3N2O8/c1-4-5-6-7-12-37-19-13-21(39-20(19)15-38-24(34)26(27,28)29)30-14-16(2)22(32)31(25(30)35)23(33)17-8-10-18(36-3)11-9-17/h8-11,14,19-21H,4-5,12-13,15H2,1-3H3/t19-,20+,21+/m0/s1. The van der Waals surface area contributed by atoms with E-state index in [-0.39, 0.29) is 24.2 Å². The second-order valence-electron chi connectivity index (χ2n) is 8.59. The molecule has 0 unspecified atom stereocenters. The first-order valence-electron chi connectivity index (χ1n) is 12.0. The molecule has 39 heavy (non-hydrogen) atoms. The third-order valence-corrected chi connectivity index (χ3v) is 5.80. The minimum Gasteiger partial charge on any atom is -0.497 e. The maximum atomic E-state index is 13.3. The highest BCUT2D eigenvalue weighted by Gasteiger charge is 2.44. The number of hydrogen-bond donors (Lipinski definition) is 0. The Bertz CT molecular complexity index is 1370. The molecule has 1 fully saturated rings. The number of carbonyl (C=O) groups excluding carboxylic acids is 2. The van der Waals surface area contributed by atoms with E-state index in [1.807, 2.05) is 6.92 Å². The number of aryl methyl sites for hydroxylation is 1. The molecule has 0 radical (unpaired) electrons. The van der Waals surface area contributed by atoms with Crippen LogP contribution in [0.4, 0.5) is 13.2 Å². The average molecular weight is 553 g/mol. The Hall–Kier alpha value is -3.89. The van der Waals surface area contributed by atoms with E-state index in [1.54, 1.807) is 0 Å². The van der Waals surface area contributed by atoms with Crippen molar-refractivity contribution in [1.29, 1.82) is 0 Å². The number of nitrogens with zero attached hydrogens (tertiary/aromatic N) is 2. The van der Waals surface area contributed by atoms with Crippen LogP contribution in [0, 0.1) is 18.8 Å². The number of alkyl halides is 3. The molecule has 0 spiro atoms. The summed E-state index contributed by atoms with van der Waals surface area (Å²) < 4.78 is 60.2. The number of methoxy groups -OCH3 is 1. The maximum Gasteiger partial charge on any atom is 0.490 e. The number of rotatable bonds is 8. The van der Waals surface area contributed by atoms with E-state index in [0.717, 1.165) is 11.0 Å². The summed E-state index contributed by atoms with van der Waals surface area (Å²) >= 11 is 0. The number of aromatic nitrogens is 2. The quantitative estimate of drug-likeness (QED) is 0.363. The molecule has 0 N–H and O–H groups in total.